The summed E-state index contributed by atoms with van der Waals surface area (Å²) in [5.74, 6) is -0.790. The molecule has 0 aliphatic rings. The number of carboxylic acid groups (broad SMARTS) is 1. The van der Waals surface area contributed by atoms with Crippen molar-refractivity contribution in [1.29, 1.82) is 0 Å². The Labute approximate surface area is 173 Å². The molecular weight excluding hydrogens is 367 g/mol. The van der Waals surface area contributed by atoms with Crippen LogP contribution in [0, 0.1) is 5.82 Å². The van der Waals surface area contributed by atoms with Gasteiger partial charge in [0.15, 0.2) is 11.6 Å². The maximum Gasteiger partial charge on any atom is 0.303 e. The number of rotatable bonds is 13. The van der Waals surface area contributed by atoms with E-state index in [1.54, 1.807) is 6.07 Å². The summed E-state index contributed by atoms with van der Waals surface area (Å²) in [6.07, 6.45) is 7.68. The molecule has 0 fully saturated rings. The molecule has 0 aromatic heterocycles. The summed E-state index contributed by atoms with van der Waals surface area (Å²) >= 11 is 0. The second-order valence-corrected chi connectivity index (χ2v) is 7.68. The van der Waals surface area contributed by atoms with Gasteiger partial charge in [0, 0.05) is 6.42 Å². The first-order valence-electron chi connectivity index (χ1n) is 10.8. The van der Waals surface area contributed by atoms with E-state index in [0.29, 0.717) is 18.8 Å². The summed E-state index contributed by atoms with van der Waals surface area (Å²) in [6, 6.07) is 12.9. The highest BCUT2D eigenvalue weighted by molar-refractivity contribution is 5.69. The van der Waals surface area contributed by atoms with Crippen LogP contribution in [0.3, 0.4) is 0 Å². The number of unbranched alkanes of at least 4 members (excludes halogenated alkanes) is 5. The van der Waals surface area contributed by atoms with Crippen molar-refractivity contribution >= 4 is 5.97 Å². The fourth-order valence-electron chi connectivity index (χ4n) is 3.54. The average Bonchev–Trinajstić information content (AvgIpc) is 2.72. The van der Waals surface area contributed by atoms with Crippen LogP contribution in [0.25, 0.3) is 11.1 Å². The number of carboxylic acids is 1. The lowest BCUT2D eigenvalue weighted by atomic mass is 9.89. The number of benzene rings is 2. The van der Waals surface area contributed by atoms with Crippen molar-refractivity contribution in [2.75, 3.05) is 6.61 Å². The van der Waals surface area contributed by atoms with Gasteiger partial charge in [0.2, 0.25) is 0 Å². The van der Waals surface area contributed by atoms with Crippen molar-refractivity contribution in [3.8, 4) is 16.9 Å². The summed E-state index contributed by atoms with van der Waals surface area (Å²) in [5.41, 5.74) is 2.76. The van der Waals surface area contributed by atoms with E-state index >= 15 is 0 Å². The SMILES string of the molecule is CCCCCCCCOc1ccc(-c2ccccc2C(C)CCC(=O)O)cc1F. The average molecular weight is 401 g/mol. The molecule has 0 aliphatic heterocycles. The van der Waals surface area contributed by atoms with E-state index < -0.39 is 5.97 Å². The predicted molar refractivity (Wildman–Crippen MR) is 116 cm³/mol. The van der Waals surface area contributed by atoms with Crippen molar-refractivity contribution in [1.82, 2.24) is 0 Å². The van der Waals surface area contributed by atoms with Crippen LogP contribution in [0.15, 0.2) is 42.5 Å². The number of aliphatic carboxylic acids is 1. The topological polar surface area (TPSA) is 46.5 Å². The van der Waals surface area contributed by atoms with Crippen molar-refractivity contribution in [3.63, 3.8) is 0 Å². The normalized spacial score (nSPS) is 12.0. The molecule has 1 atom stereocenters. The van der Waals surface area contributed by atoms with Crippen LogP contribution in [-0.2, 0) is 4.79 Å². The van der Waals surface area contributed by atoms with Crippen LogP contribution in [0.4, 0.5) is 4.39 Å². The third-order valence-corrected chi connectivity index (χ3v) is 5.28. The van der Waals surface area contributed by atoms with Crippen LogP contribution in [0.1, 0.15) is 76.7 Å². The highest BCUT2D eigenvalue weighted by atomic mass is 19.1. The summed E-state index contributed by atoms with van der Waals surface area (Å²) in [6.45, 7) is 4.74. The first-order valence-corrected chi connectivity index (χ1v) is 10.8. The maximum absolute atomic E-state index is 14.6. The van der Waals surface area contributed by atoms with Gasteiger partial charge in [-0.3, -0.25) is 4.79 Å². The Hall–Kier alpha value is -2.36. The van der Waals surface area contributed by atoms with Gasteiger partial charge in [0.25, 0.3) is 0 Å². The van der Waals surface area contributed by atoms with E-state index in [4.69, 9.17) is 9.84 Å². The summed E-state index contributed by atoms with van der Waals surface area (Å²) in [4.78, 5) is 10.9. The van der Waals surface area contributed by atoms with Crippen LogP contribution >= 0.6 is 0 Å². The van der Waals surface area contributed by atoms with Gasteiger partial charge in [-0.1, -0.05) is 76.3 Å². The Morgan fingerprint density at radius 2 is 1.79 bits per heavy atom. The molecule has 0 aliphatic carbocycles. The molecule has 0 saturated heterocycles. The van der Waals surface area contributed by atoms with Gasteiger partial charge < -0.3 is 9.84 Å². The van der Waals surface area contributed by atoms with Gasteiger partial charge in [-0.25, -0.2) is 4.39 Å². The Morgan fingerprint density at radius 1 is 1.07 bits per heavy atom. The highest BCUT2D eigenvalue weighted by Crippen LogP contribution is 2.33. The fourth-order valence-corrected chi connectivity index (χ4v) is 3.54. The molecule has 0 bridgehead atoms. The first-order chi connectivity index (χ1) is 14.0. The van der Waals surface area contributed by atoms with Gasteiger partial charge in [-0.2, -0.15) is 0 Å². The molecule has 2 aromatic carbocycles. The zero-order valence-electron chi connectivity index (χ0n) is 17.6. The molecule has 4 heteroatoms. The number of ether oxygens (including phenoxy) is 1. The molecule has 0 radical (unpaired) electrons. The Balaban J connectivity index is 2.00. The van der Waals surface area contributed by atoms with Crippen molar-refractivity contribution < 1.29 is 19.0 Å². The third kappa shape index (κ3) is 7.52. The van der Waals surface area contributed by atoms with E-state index in [9.17, 15) is 9.18 Å². The smallest absolute Gasteiger partial charge is 0.303 e. The molecule has 1 unspecified atom stereocenters. The van der Waals surface area contributed by atoms with Gasteiger partial charge in [0.1, 0.15) is 0 Å². The number of halogens is 1. The minimum atomic E-state index is -0.799. The zero-order valence-corrected chi connectivity index (χ0v) is 17.6. The Kier molecular flexibility index (Phi) is 9.69. The van der Waals surface area contributed by atoms with Gasteiger partial charge in [0.05, 0.1) is 6.61 Å². The summed E-state index contributed by atoms with van der Waals surface area (Å²) in [7, 11) is 0. The molecular formula is C25H33FO3. The quantitative estimate of drug-likeness (QED) is 0.362. The molecule has 2 aromatic rings. The Bertz CT molecular complexity index is 772. The van der Waals surface area contributed by atoms with E-state index in [-0.39, 0.29) is 18.2 Å². The van der Waals surface area contributed by atoms with Gasteiger partial charge >= 0.3 is 5.97 Å². The van der Waals surface area contributed by atoms with E-state index in [1.165, 1.54) is 31.7 Å². The van der Waals surface area contributed by atoms with Crippen molar-refractivity contribution in [2.45, 2.75) is 71.1 Å². The van der Waals surface area contributed by atoms with Crippen LogP contribution in [0.5, 0.6) is 5.75 Å². The standard InChI is InChI=1S/C25H33FO3/c1-3-4-5-6-7-10-17-29-24-15-14-20(18-23(24)26)22-12-9-8-11-21(22)19(2)13-16-25(27)28/h8-9,11-12,14-15,18-19H,3-7,10,13,16-17H2,1-2H3,(H,27,28). The monoisotopic (exact) mass is 400 g/mol. The lowest BCUT2D eigenvalue weighted by Crippen LogP contribution is -2.02. The molecule has 0 saturated carbocycles. The lowest BCUT2D eigenvalue weighted by molar-refractivity contribution is -0.137. The lowest BCUT2D eigenvalue weighted by Gasteiger charge is -2.17. The second-order valence-electron chi connectivity index (χ2n) is 7.68. The molecule has 158 valence electrons. The Morgan fingerprint density at radius 3 is 2.52 bits per heavy atom. The zero-order chi connectivity index (χ0) is 21.1. The van der Waals surface area contributed by atoms with Crippen molar-refractivity contribution in [2.24, 2.45) is 0 Å². The molecule has 1 N–H and O–H groups in total. The van der Waals surface area contributed by atoms with Crippen LogP contribution in [-0.4, -0.2) is 17.7 Å². The molecule has 3 nitrogen and oxygen atoms in total. The first kappa shape index (κ1) is 22.9. The molecule has 29 heavy (non-hydrogen) atoms. The van der Waals surface area contributed by atoms with E-state index in [2.05, 4.69) is 6.92 Å². The fraction of sp³-hybridized carbons (Fsp3) is 0.480. The highest BCUT2D eigenvalue weighted by Gasteiger charge is 2.14. The van der Waals surface area contributed by atoms with E-state index in [0.717, 1.165) is 29.5 Å². The minimum Gasteiger partial charge on any atom is -0.491 e. The summed E-state index contributed by atoms with van der Waals surface area (Å²) in [5, 5.41) is 8.94. The summed E-state index contributed by atoms with van der Waals surface area (Å²) < 4.78 is 20.2. The molecule has 0 amide bonds. The molecule has 2 rings (SSSR count). The van der Waals surface area contributed by atoms with Crippen LogP contribution < -0.4 is 4.74 Å². The van der Waals surface area contributed by atoms with Crippen molar-refractivity contribution in [3.05, 3.63) is 53.8 Å². The van der Waals surface area contributed by atoms with Gasteiger partial charge in [-0.15, -0.1) is 0 Å². The van der Waals surface area contributed by atoms with E-state index in [1.807, 2.05) is 37.3 Å². The maximum atomic E-state index is 14.6. The van der Waals surface area contributed by atoms with Gasteiger partial charge in [-0.05, 0) is 47.6 Å². The van der Waals surface area contributed by atoms with Crippen LogP contribution in [0.2, 0.25) is 0 Å². The molecule has 0 spiro atoms. The predicted octanol–water partition coefficient (Wildman–Crippen LogP) is 7.20. The minimum absolute atomic E-state index is 0.0778. The number of hydrogen-bond donors (Lipinski definition) is 1. The third-order valence-electron chi connectivity index (χ3n) is 5.28. The molecule has 0 heterocycles. The number of hydrogen-bond acceptors (Lipinski definition) is 2. The largest absolute Gasteiger partial charge is 0.491 e. The number of carbonyl (C=O) groups is 1. The second kappa shape index (κ2) is 12.3.